The van der Waals surface area contributed by atoms with Gasteiger partial charge in [-0.3, -0.25) is 4.90 Å². The molecule has 0 aromatic heterocycles. The third kappa shape index (κ3) is 2.35. The van der Waals surface area contributed by atoms with Gasteiger partial charge in [-0.05, 0) is 39.2 Å². The lowest BCUT2D eigenvalue weighted by Gasteiger charge is -2.38. The quantitative estimate of drug-likeness (QED) is 0.706. The second-order valence-electron chi connectivity index (χ2n) is 4.71. The van der Waals surface area contributed by atoms with Gasteiger partial charge in [-0.25, -0.2) is 0 Å². The summed E-state index contributed by atoms with van der Waals surface area (Å²) in [7, 11) is 0. The number of nitrogens with one attached hydrogen (secondary N) is 1. The Kier molecular flexibility index (Phi) is 3.66. The summed E-state index contributed by atoms with van der Waals surface area (Å²) in [4.78, 5) is 2.63. The molecule has 15 heavy (non-hydrogen) atoms. The first-order valence-electron chi connectivity index (χ1n) is 6.24. The molecule has 0 spiro atoms. The van der Waals surface area contributed by atoms with Crippen molar-refractivity contribution < 1.29 is 0 Å². The Bertz CT molecular complexity index is 249. The molecule has 2 aliphatic rings. The average molecular weight is 206 g/mol. The molecule has 0 radical (unpaired) electrons. The van der Waals surface area contributed by atoms with Crippen LogP contribution < -0.4 is 5.32 Å². The Labute approximate surface area is 93.4 Å². The Hall–Kier alpha value is -0.520. The predicted octanol–water partition coefficient (Wildman–Crippen LogP) is 1.61. The summed E-state index contributed by atoms with van der Waals surface area (Å²) in [6.07, 6.45) is 5.43. The largest absolute Gasteiger partial charge is 0.314 e. The molecule has 2 saturated heterocycles. The normalized spacial score (nSPS) is 34.9. The van der Waals surface area contributed by atoms with Gasteiger partial charge in [0.05, 0.1) is 6.54 Å². The summed E-state index contributed by atoms with van der Waals surface area (Å²) >= 11 is 0. The zero-order valence-corrected chi connectivity index (χ0v) is 9.92. The van der Waals surface area contributed by atoms with E-state index in [0.717, 1.165) is 31.2 Å². The number of rotatable bonds is 3. The van der Waals surface area contributed by atoms with Gasteiger partial charge in [0.1, 0.15) is 0 Å². The third-order valence-corrected chi connectivity index (χ3v) is 3.82. The molecule has 2 unspecified atom stereocenters. The molecule has 0 aliphatic carbocycles. The lowest BCUT2D eigenvalue weighted by Crippen LogP contribution is -2.49. The fourth-order valence-corrected chi connectivity index (χ4v) is 3.16. The van der Waals surface area contributed by atoms with Crippen LogP contribution in [0.25, 0.3) is 0 Å². The molecule has 84 valence electrons. The molecule has 2 bridgehead atoms. The molecule has 2 heterocycles. The highest BCUT2D eigenvalue weighted by atomic mass is 15.2. The van der Waals surface area contributed by atoms with Crippen molar-refractivity contribution in [1.29, 1.82) is 0 Å². The van der Waals surface area contributed by atoms with Crippen LogP contribution in [-0.4, -0.2) is 36.1 Å². The van der Waals surface area contributed by atoms with Gasteiger partial charge in [0.2, 0.25) is 0 Å². The number of nitrogens with zero attached hydrogens (tertiary/aromatic N) is 1. The molecule has 1 N–H and O–H groups in total. The van der Waals surface area contributed by atoms with Gasteiger partial charge in [-0.2, -0.15) is 0 Å². The van der Waals surface area contributed by atoms with E-state index in [0.29, 0.717) is 0 Å². The van der Waals surface area contributed by atoms with Gasteiger partial charge in [0.25, 0.3) is 0 Å². The molecule has 0 saturated carbocycles. The molecule has 0 aromatic rings. The lowest BCUT2D eigenvalue weighted by molar-refractivity contribution is 0.134. The standard InChI is InChI=1S/C13H22N2/c1-3-5-8-15-12-6-7-13(15)10-11(9-12)14-4-2/h11-14H,4,6-10H2,1-2H3. The van der Waals surface area contributed by atoms with E-state index in [1.165, 1.54) is 25.7 Å². The zero-order valence-electron chi connectivity index (χ0n) is 9.92. The van der Waals surface area contributed by atoms with Crippen molar-refractivity contribution in [1.82, 2.24) is 10.2 Å². The van der Waals surface area contributed by atoms with Gasteiger partial charge in [0.15, 0.2) is 0 Å². The Balaban J connectivity index is 1.93. The second-order valence-corrected chi connectivity index (χ2v) is 4.71. The van der Waals surface area contributed by atoms with Crippen LogP contribution >= 0.6 is 0 Å². The van der Waals surface area contributed by atoms with E-state index in [9.17, 15) is 0 Å². The smallest absolute Gasteiger partial charge is 0.0606 e. The minimum atomic E-state index is 0.762. The van der Waals surface area contributed by atoms with Crippen LogP contribution in [0.3, 0.4) is 0 Å². The molecule has 2 heteroatoms. The minimum absolute atomic E-state index is 0.762. The van der Waals surface area contributed by atoms with Crippen LogP contribution in [0.4, 0.5) is 0 Å². The van der Waals surface area contributed by atoms with Crippen molar-refractivity contribution in [2.24, 2.45) is 0 Å². The monoisotopic (exact) mass is 206 g/mol. The number of piperidine rings is 1. The predicted molar refractivity (Wildman–Crippen MR) is 63.7 cm³/mol. The maximum Gasteiger partial charge on any atom is 0.0606 e. The zero-order chi connectivity index (χ0) is 10.7. The number of hydrogen-bond acceptors (Lipinski definition) is 2. The Morgan fingerprint density at radius 3 is 2.47 bits per heavy atom. The van der Waals surface area contributed by atoms with Crippen molar-refractivity contribution in [2.45, 2.75) is 57.7 Å². The summed E-state index contributed by atoms with van der Waals surface area (Å²) in [5.41, 5.74) is 0. The summed E-state index contributed by atoms with van der Waals surface area (Å²) in [6.45, 7) is 6.24. The summed E-state index contributed by atoms with van der Waals surface area (Å²) in [5, 5.41) is 3.60. The molecule has 2 atom stereocenters. The van der Waals surface area contributed by atoms with Gasteiger partial charge < -0.3 is 5.32 Å². The Morgan fingerprint density at radius 1 is 1.27 bits per heavy atom. The maximum atomic E-state index is 3.60. The summed E-state index contributed by atoms with van der Waals surface area (Å²) < 4.78 is 0. The third-order valence-electron chi connectivity index (χ3n) is 3.82. The van der Waals surface area contributed by atoms with Crippen molar-refractivity contribution >= 4 is 0 Å². The van der Waals surface area contributed by atoms with E-state index < -0.39 is 0 Å². The highest BCUT2D eigenvalue weighted by molar-refractivity contribution is 5.05. The van der Waals surface area contributed by atoms with E-state index in [1.807, 2.05) is 6.92 Å². The molecule has 0 aromatic carbocycles. The van der Waals surface area contributed by atoms with Gasteiger partial charge in [-0.15, -0.1) is 5.92 Å². The molecule has 2 fully saturated rings. The van der Waals surface area contributed by atoms with Crippen LogP contribution in [0.15, 0.2) is 0 Å². The SMILES string of the molecule is CC#CCN1C2CCC1CC(NCC)C2. The first kappa shape index (κ1) is 11.0. The topological polar surface area (TPSA) is 15.3 Å². The van der Waals surface area contributed by atoms with Gasteiger partial charge in [-0.1, -0.05) is 12.8 Å². The van der Waals surface area contributed by atoms with Crippen molar-refractivity contribution in [3.05, 3.63) is 0 Å². The lowest BCUT2D eigenvalue weighted by atomic mass is 9.97. The van der Waals surface area contributed by atoms with Crippen molar-refractivity contribution in [2.75, 3.05) is 13.1 Å². The highest BCUT2D eigenvalue weighted by Crippen LogP contribution is 2.35. The molecule has 2 nitrogen and oxygen atoms in total. The molecular formula is C13H22N2. The van der Waals surface area contributed by atoms with E-state index in [4.69, 9.17) is 0 Å². The molecule has 0 amide bonds. The fraction of sp³-hybridized carbons (Fsp3) is 0.846. The number of fused-ring (bicyclic) bond motifs is 2. The number of hydrogen-bond donors (Lipinski definition) is 1. The van der Waals surface area contributed by atoms with Crippen LogP contribution in [0.5, 0.6) is 0 Å². The van der Waals surface area contributed by atoms with E-state index in [1.54, 1.807) is 0 Å². The summed E-state index contributed by atoms with van der Waals surface area (Å²) in [6, 6.07) is 2.36. The van der Waals surface area contributed by atoms with Gasteiger partial charge >= 0.3 is 0 Å². The Morgan fingerprint density at radius 2 is 1.93 bits per heavy atom. The molecular weight excluding hydrogens is 184 g/mol. The molecule has 2 aliphatic heterocycles. The van der Waals surface area contributed by atoms with Crippen molar-refractivity contribution in [3.63, 3.8) is 0 Å². The van der Waals surface area contributed by atoms with Crippen LogP contribution in [0.2, 0.25) is 0 Å². The van der Waals surface area contributed by atoms with Crippen LogP contribution in [-0.2, 0) is 0 Å². The average Bonchev–Trinajstić information content (AvgIpc) is 2.48. The van der Waals surface area contributed by atoms with Gasteiger partial charge in [0, 0.05) is 18.1 Å². The minimum Gasteiger partial charge on any atom is -0.314 e. The summed E-state index contributed by atoms with van der Waals surface area (Å²) in [5.74, 6) is 6.23. The second kappa shape index (κ2) is 5.01. The first-order chi connectivity index (χ1) is 7.35. The van der Waals surface area contributed by atoms with Crippen molar-refractivity contribution in [3.8, 4) is 11.8 Å². The fourth-order valence-electron chi connectivity index (χ4n) is 3.16. The maximum absolute atomic E-state index is 3.60. The van der Waals surface area contributed by atoms with E-state index >= 15 is 0 Å². The van der Waals surface area contributed by atoms with E-state index in [-0.39, 0.29) is 0 Å². The highest BCUT2D eigenvalue weighted by Gasteiger charge is 2.39. The first-order valence-corrected chi connectivity index (χ1v) is 6.24. The van der Waals surface area contributed by atoms with Crippen LogP contribution in [0, 0.1) is 11.8 Å². The van der Waals surface area contributed by atoms with E-state index in [2.05, 4.69) is 29.0 Å². The van der Waals surface area contributed by atoms with Crippen LogP contribution in [0.1, 0.15) is 39.5 Å². The molecule has 2 rings (SSSR count).